The van der Waals surface area contributed by atoms with E-state index in [0.29, 0.717) is 0 Å². The summed E-state index contributed by atoms with van der Waals surface area (Å²) >= 11 is 0. The maximum Gasteiger partial charge on any atom is 0.127 e. The van der Waals surface area contributed by atoms with Gasteiger partial charge in [-0.2, -0.15) is 0 Å². The lowest BCUT2D eigenvalue weighted by Gasteiger charge is -2.11. The van der Waals surface area contributed by atoms with Crippen molar-refractivity contribution in [2.24, 2.45) is 0 Å². The summed E-state index contributed by atoms with van der Waals surface area (Å²) in [7, 11) is 0. The SMILES string of the molecule is CC(C)Oc1cccc2ccccc12. The Morgan fingerprint density at radius 2 is 1.64 bits per heavy atom. The first-order valence-corrected chi connectivity index (χ1v) is 4.92. The van der Waals surface area contributed by atoms with Crippen molar-refractivity contribution in [3.63, 3.8) is 0 Å². The van der Waals surface area contributed by atoms with Gasteiger partial charge in [0.05, 0.1) is 6.10 Å². The van der Waals surface area contributed by atoms with E-state index in [4.69, 9.17) is 4.74 Å². The molecule has 0 atom stereocenters. The fourth-order valence-electron chi connectivity index (χ4n) is 1.55. The summed E-state index contributed by atoms with van der Waals surface area (Å²) in [5.74, 6) is 0.970. The van der Waals surface area contributed by atoms with Crippen LogP contribution in [0.15, 0.2) is 42.5 Å². The second-order valence-electron chi connectivity index (χ2n) is 3.64. The van der Waals surface area contributed by atoms with Crippen molar-refractivity contribution in [3.05, 3.63) is 42.5 Å². The predicted octanol–water partition coefficient (Wildman–Crippen LogP) is 3.63. The quantitative estimate of drug-likeness (QED) is 0.696. The number of ether oxygens (including phenoxy) is 1. The Labute approximate surface area is 84.3 Å². The van der Waals surface area contributed by atoms with E-state index in [0.717, 1.165) is 5.75 Å². The molecule has 0 aliphatic rings. The second kappa shape index (κ2) is 3.70. The van der Waals surface area contributed by atoms with E-state index in [1.807, 2.05) is 38.1 Å². The molecule has 0 spiro atoms. The zero-order chi connectivity index (χ0) is 9.97. The van der Waals surface area contributed by atoms with Crippen LogP contribution < -0.4 is 4.74 Å². The second-order valence-corrected chi connectivity index (χ2v) is 3.64. The summed E-state index contributed by atoms with van der Waals surface area (Å²) < 4.78 is 5.73. The smallest absolute Gasteiger partial charge is 0.127 e. The first-order valence-electron chi connectivity index (χ1n) is 4.92. The van der Waals surface area contributed by atoms with Crippen molar-refractivity contribution in [1.29, 1.82) is 0 Å². The maximum atomic E-state index is 5.73. The van der Waals surface area contributed by atoms with Gasteiger partial charge in [0.2, 0.25) is 0 Å². The van der Waals surface area contributed by atoms with Gasteiger partial charge in [0.25, 0.3) is 0 Å². The molecule has 1 heteroatoms. The highest BCUT2D eigenvalue weighted by atomic mass is 16.5. The molecule has 0 aromatic heterocycles. The topological polar surface area (TPSA) is 9.23 Å². The summed E-state index contributed by atoms with van der Waals surface area (Å²) in [6.45, 7) is 4.09. The monoisotopic (exact) mass is 186 g/mol. The molecule has 2 rings (SSSR count). The molecule has 0 aliphatic carbocycles. The van der Waals surface area contributed by atoms with Gasteiger partial charge in [-0.15, -0.1) is 0 Å². The minimum absolute atomic E-state index is 0.223. The summed E-state index contributed by atoms with van der Waals surface area (Å²) in [6, 6.07) is 14.4. The Hall–Kier alpha value is -1.50. The molecule has 72 valence electrons. The number of benzene rings is 2. The van der Waals surface area contributed by atoms with Crippen LogP contribution in [0, 0.1) is 0 Å². The molecule has 14 heavy (non-hydrogen) atoms. The molecule has 0 saturated heterocycles. The van der Waals surface area contributed by atoms with Gasteiger partial charge in [-0.25, -0.2) is 0 Å². The Morgan fingerprint density at radius 3 is 2.43 bits per heavy atom. The third-order valence-electron chi connectivity index (χ3n) is 2.11. The molecule has 0 fully saturated rings. The van der Waals surface area contributed by atoms with Gasteiger partial charge < -0.3 is 4.74 Å². The highest BCUT2D eigenvalue weighted by Gasteiger charge is 2.01. The van der Waals surface area contributed by atoms with E-state index >= 15 is 0 Å². The standard InChI is InChI=1S/C13H14O/c1-10(2)14-13-9-5-7-11-6-3-4-8-12(11)13/h3-10H,1-2H3. The van der Waals surface area contributed by atoms with Gasteiger partial charge in [0.15, 0.2) is 0 Å². The predicted molar refractivity (Wildman–Crippen MR) is 59.7 cm³/mol. The molecule has 2 aromatic carbocycles. The molecular formula is C13H14O. The van der Waals surface area contributed by atoms with Crippen LogP contribution in [-0.2, 0) is 0 Å². The number of rotatable bonds is 2. The molecule has 0 heterocycles. The normalized spacial score (nSPS) is 10.8. The van der Waals surface area contributed by atoms with E-state index in [1.165, 1.54) is 10.8 Å². The fourth-order valence-corrected chi connectivity index (χ4v) is 1.55. The highest BCUT2D eigenvalue weighted by Crippen LogP contribution is 2.25. The summed E-state index contributed by atoms with van der Waals surface area (Å²) in [6.07, 6.45) is 0.223. The van der Waals surface area contributed by atoms with Crippen LogP contribution in [0.2, 0.25) is 0 Å². The van der Waals surface area contributed by atoms with Crippen LogP contribution in [0.1, 0.15) is 13.8 Å². The van der Waals surface area contributed by atoms with E-state index < -0.39 is 0 Å². The molecule has 0 radical (unpaired) electrons. The zero-order valence-electron chi connectivity index (χ0n) is 8.53. The lowest BCUT2D eigenvalue weighted by molar-refractivity contribution is 0.245. The average molecular weight is 186 g/mol. The first kappa shape index (κ1) is 9.07. The zero-order valence-corrected chi connectivity index (χ0v) is 8.53. The minimum atomic E-state index is 0.223. The Balaban J connectivity index is 2.53. The molecule has 2 aromatic rings. The van der Waals surface area contributed by atoms with Crippen molar-refractivity contribution in [2.75, 3.05) is 0 Å². The Morgan fingerprint density at radius 1 is 0.929 bits per heavy atom. The van der Waals surface area contributed by atoms with Crippen molar-refractivity contribution < 1.29 is 4.74 Å². The lowest BCUT2D eigenvalue weighted by Crippen LogP contribution is -2.05. The van der Waals surface area contributed by atoms with Crippen LogP contribution in [0.3, 0.4) is 0 Å². The van der Waals surface area contributed by atoms with E-state index in [-0.39, 0.29) is 6.10 Å². The molecule has 0 saturated carbocycles. The summed E-state index contributed by atoms with van der Waals surface area (Å²) in [5, 5.41) is 2.41. The lowest BCUT2D eigenvalue weighted by atomic mass is 10.1. The number of fused-ring (bicyclic) bond motifs is 1. The Kier molecular flexibility index (Phi) is 2.40. The molecule has 0 unspecified atom stereocenters. The van der Waals surface area contributed by atoms with Crippen molar-refractivity contribution in [3.8, 4) is 5.75 Å². The fraction of sp³-hybridized carbons (Fsp3) is 0.231. The minimum Gasteiger partial charge on any atom is -0.490 e. The molecular weight excluding hydrogens is 172 g/mol. The van der Waals surface area contributed by atoms with Crippen LogP contribution in [0.4, 0.5) is 0 Å². The summed E-state index contributed by atoms with van der Waals surface area (Å²) in [4.78, 5) is 0. The van der Waals surface area contributed by atoms with Gasteiger partial charge in [0.1, 0.15) is 5.75 Å². The third kappa shape index (κ3) is 1.72. The molecule has 0 amide bonds. The van der Waals surface area contributed by atoms with Crippen molar-refractivity contribution in [2.45, 2.75) is 20.0 Å². The number of hydrogen-bond acceptors (Lipinski definition) is 1. The largest absolute Gasteiger partial charge is 0.490 e. The van der Waals surface area contributed by atoms with Crippen molar-refractivity contribution >= 4 is 10.8 Å². The highest BCUT2D eigenvalue weighted by molar-refractivity contribution is 5.88. The summed E-state index contributed by atoms with van der Waals surface area (Å²) in [5.41, 5.74) is 0. The van der Waals surface area contributed by atoms with Crippen LogP contribution in [-0.4, -0.2) is 6.10 Å². The van der Waals surface area contributed by atoms with Gasteiger partial charge in [-0.3, -0.25) is 0 Å². The van der Waals surface area contributed by atoms with E-state index in [9.17, 15) is 0 Å². The third-order valence-corrected chi connectivity index (χ3v) is 2.11. The maximum absolute atomic E-state index is 5.73. The van der Waals surface area contributed by atoms with Gasteiger partial charge >= 0.3 is 0 Å². The molecule has 0 aliphatic heterocycles. The molecule has 1 nitrogen and oxygen atoms in total. The van der Waals surface area contributed by atoms with Crippen molar-refractivity contribution in [1.82, 2.24) is 0 Å². The molecule has 0 bridgehead atoms. The van der Waals surface area contributed by atoms with Crippen LogP contribution in [0.25, 0.3) is 10.8 Å². The van der Waals surface area contributed by atoms with Crippen LogP contribution >= 0.6 is 0 Å². The van der Waals surface area contributed by atoms with E-state index in [1.54, 1.807) is 0 Å². The molecule has 0 N–H and O–H groups in total. The average Bonchev–Trinajstić information content (AvgIpc) is 2.18. The number of hydrogen-bond donors (Lipinski definition) is 0. The van der Waals surface area contributed by atoms with E-state index in [2.05, 4.69) is 18.2 Å². The Bertz CT molecular complexity index is 427. The van der Waals surface area contributed by atoms with Gasteiger partial charge in [-0.05, 0) is 25.3 Å². The van der Waals surface area contributed by atoms with Gasteiger partial charge in [-0.1, -0.05) is 36.4 Å². The van der Waals surface area contributed by atoms with Gasteiger partial charge in [0, 0.05) is 5.39 Å². The van der Waals surface area contributed by atoms with Crippen LogP contribution in [0.5, 0.6) is 5.75 Å². The first-order chi connectivity index (χ1) is 6.77.